The molecule has 0 radical (unpaired) electrons. The molecule has 0 aliphatic rings. The summed E-state index contributed by atoms with van der Waals surface area (Å²) < 4.78 is 0. The van der Waals surface area contributed by atoms with E-state index in [1.165, 1.54) is 5.56 Å². The SMILES string of the molecule is Cc1cccc(/C(N)=C/C(N)=NC/C(C=N)=N/Nc2ccccc2)c1C. The van der Waals surface area contributed by atoms with Crippen LogP contribution >= 0.6 is 0 Å². The number of rotatable bonds is 7. The highest BCUT2D eigenvalue weighted by molar-refractivity contribution is 6.31. The molecule has 134 valence electrons. The van der Waals surface area contributed by atoms with Gasteiger partial charge in [0.1, 0.15) is 5.84 Å². The fourth-order valence-corrected chi connectivity index (χ4v) is 2.28. The molecule has 6 N–H and O–H groups in total. The number of nitrogens with two attached hydrogens (primary N) is 2. The number of aryl methyl sites for hydroxylation is 1. The Balaban J connectivity index is 2.08. The lowest BCUT2D eigenvalue weighted by Crippen LogP contribution is -2.15. The number of benzene rings is 2. The first-order chi connectivity index (χ1) is 12.5. The summed E-state index contributed by atoms with van der Waals surface area (Å²) in [6.07, 6.45) is 2.78. The average Bonchev–Trinajstić information content (AvgIpc) is 2.64. The lowest BCUT2D eigenvalue weighted by molar-refractivity contribution is 1.24. The quantitative estimate of drug-likeness (QED) is 0.350. The minimum Gasteiger partial charge on any atom is -0.398 e. The third-order valence-electron chi connectivity index (χ3n) is 3.91. The molecule has 0 spiro atoms. The molecule has 2 rings (SSSR count). The van der Waals surface area contributed by atoms with E-state index >= 15 is 0 Å². The summed E-state index contributed by atoms with van der Waals surface area (Å²) in [7, 11) is 0. The maximum absolute atomic E-state index is 7.45. The average molecular weight is 348 g/mol. The molecule has 2 aromatic rings. The maximum atomic E-state index is 7.45. The van der Waals surface area contributed by atoms with Crippen molar-refractivity contribution in [2.75, 3.05) is 12.0 Å². The van der Waals surface area contributed by atoms with Crippen molar-refractivity contribution in [2.45, 2.75) is 13.8 Å². The summed E-state index contributed by atoms with van der Waals surface area (Å²) >= 11 is 0. The first-order valence-corrected chi connectivity index (χ1v) is 8.23. The first kappa shape index (κ1) is 18.9. The third-order valence-corrected chi connectivity index (χ3v) is 3.91. The molecule has 0 aromatic heterocycles. The van der Waals surface area contributed by atoms with Crippen molar-refractivity contribution in [1.29, 1.82) is 5.41 Å². The van der Waals surface area contributed by atoms with Gasteiger partial charge in [0.2, 0.25) is 0 Å². The number of anilines is 1. The number of amidine groups is 1. The lowest BCUT2D eigenvalue weighted by Gasteiger charge is -2.08. The number of hydrogen-bond acceptors (Lipinski definition) is 5. The second kappa shape index (κ2) is 9.17. The molecule has 0 saturated heterocycles. The van der Waals surface area contributed by atoms with Gasteiger partial charge in [-0.2, -0.15) is 5.10 Å². The highest BCUT2D eigenvalue weighted by Gasteiger charge is 2.04. The summed E-state index contributed by atoms with van der Waals surface area (Å²) in [6.45, 7) is 4.25. The molecule has 0 fully saturated rings. The summed E-state index contributed by atoms with van der Waals surface area (Å²) in [6, 6.07) is 15.4. The van der Waals surface area contributed by atoms with E-state index in [-0.39, 0.29) is 12.4 Å². The predicted octanol–water partition coefficient (Wildman–Crippen LogP) is 3.08. The van der Waals surface area contributed by atoms with Gasteiger partial charge in [0, 0.05) is 23.6 Å². The van der Waals surface area contributed by atoms with Crippen LogP contribution in [0.1, 0.15) is 16.7 Å². The van der Waals surface area contributed by atoms with E-state index in [1.54, 1.807) is 6.08 Å². The zero-order chi connectivity index (χ0) is 18.9. The van der Waals surface area contributed by atoms with E-state index in [0.29, 0.717) is 11.4 Å². The van der Waals surface area contributed by atoms with E-state index in [1.807, 2.05) is 62.4 Å². The van der Waals surface area contributed by atoms with Gasteiger partial charge in [0.15, 0.2) is 0 Å². The Labute approximate surface area is 153 Å². The minimum absolute atomic E-state index is 0.186. The molecule has 0 heterocycles. The Morgan fingerprint density at radius 1 is 1.08 bits per heavy atom. The van der Waals surface area contributed by atoms with E-state index in [2.05, 4.69) is 15.5 Å². The van der Waals surface area contributed by atoms with Crippen LogP contribution in [0.15, 0.2) is 64.7 Å². The lowest BCUT2D eigenvalue weighted by atomic mass is 10.0. The van der Waals surface area contributed by atoms with Gasteiger partial charge in [0.25, 0.3) is 0 Å². The minimum atomic E-state index is 0.186. The summed E-state index contributed by atoms with van der Waals surface area (Å²) in [5, 5.41) is 11.6. The molecule has 26 heavy (non-hydrogen) atoms. The Morgan fingerprint density at radius 3 is 2.50 bits per heavy atom. The van der Waals surface area contributed by atoms with Crippen LogP contribution in [0.5, 0.6) is 0 Å². The van der Waals surface area contributed by atoms with Crippen LogP contribution in [0.25, 0.3) is 5.70 Å². The van der Waals surface area contributed by atoms with Gasteiger partial charge in [-0.3, -0.25) is 10.4 Å². The topological polar surface area (TPSA) is 113 Å². The van der Waals surface area contributed by atoms with Crippen LogP contribution in [0.4, 0.5) is 5.69 Å². The molecule has 0 saturated carbocycles. The van der Waals surface area contributed by atoms with Gasteiger partial charge < -0.3 is 16.9 Å². The molecule has 0 amide bonds. The van der Waals surface area contributed by atoms with Crippen molar-refractivity contribution in [3.05, 3.63) is 71.3 Å². The van der Waals surface area contributed by atoms with Gasteiger partial charge in [-0.1, -0.05) is 36.4 Å². The van der Waals surface area contributed by atoms with Crippen LogP contribution < -0.4 is 16.9 Å². The molecule has 0 bridgehead atoms. The van der Waals surface area contributed by atoms with E-state index in [9.17, 15) is 0 Å². The Hall–Kier alpha value is -3.41. The van der Waals surface area contributed by atoms with Crippen LogP contribution in [0, 0.1) is 19.3 Å². The van der Waals surface area contributed by atoms with Gasteiger partial charge in [-0.05, 0) is 37.1 Å². The van der Waals surface area contributed by atoms with Crippen molar-refractivity contribution in [3.8, 4) is 0 Å². The molecule has 2 aromatic carbocycles. The van der Waals surface area contributed by atoms with Crippen LogP contribution in [-0.4, -0.2) is 24.3 Å². The summed E-state index contributed by atoms with van der Waals surface area (Å²) in [5.41, 5.74) is 20.1. The zero-order valence-electron chi connectivity index (χ0n) is 15.0. The number of hydrogen-bond donors (Lipinski definition) is 4. The molecule has 6 heteroatoms. The first-order valence-electron chi connectivity index (χ1n) is 8.23. The van der Waals surface area contributed by atoms with Crippen LogP contribution in [-0.2, 0) is 0 Å². The Kier molecular flexibility index (Phi) is 6.68. The van der Waals surface area contributed by atoms with Crippen molar-refractivity contribution in [1.82, 2.24) is 0 Å². The molecule has 0 unspecified atom stereocenters. The smallest absolute Gasteiger partial charge is 0.120 e. The standard InChI is InChI=1S/C20H24N6/c1-14-7-6-10-18(15(14)2)19(22)11-20(23)24-13-17(12-21)26-25-16-8-4-3-5-9-16/h3-12,21,25H,13,22H2,1-2H3,(H2,23,24)/b19-11-,21-12?,26-17+. The fourth-order valence-electron chi connectivity index (χ4n) is 2.28. The van der Waals surface area contributed by atoms with Crippen molar-refractivity contribution in [2.24, 2.45) is 21.6 Å². The second-order valence-corrected chi connectivity index (χ2v) is 5.81. The summed E-state index contributed by atoms with van der Waals surface area (Å²) in [5.74, 6) is 0.290. The summed E-state index contributed by atoms with van der Waals surface area (Å²) in [4.78, 5) is 4.24. The molecule has 0 atom stereocenters. The van der Waals surface area contributed by atoms with Gasteiger partial charge in [-0.15, -0.1) is 0 Å². The molecule has 6 nitrogen and oxygen atoms in total. The van der Waals surface area contributed by atoms with Crippen molar-refractivity contribution in [3.63, 3.8) is 0 Å². The van der Waals surface area contributed by atoms with E-state index < -0.39 is 0 Å². The second-order valence-electron chi connectivity index (χ2n) is 5.81. The maximum Gasteiger partial charge on any atom is 0.120 e. The van der Waals surface area contributed by atoms with Crippen LogP contribution in [0.3, 0.4) is 0 Å². The normalized spacial score (nSPS) is 12.8. The van der Waals surface area contributed by atoms with Gasteiger partial charge in [-0.25, -0.2) is 0 Å². The molecule has 0 aliphatic heterocycles. The van der Waals surface area contributed by atoms with Gasteiger partial charge >= 0.3 is 0 Å². The molecular weight excluding hydrogens is 324 g/mol. The highest BCUT2D eigenvalue weighted by atomic mass is 15.3. The third kappa shape index (κ3) is 5.31. The van der Waals surface area contributed by atoms with E-state index in [0.717, 1.165) is 23.0 Å². The zero-order valence-corrected chi connectivity index (χ0v) is 15.0. The number of para-hydroxylation sites is 1. The Bertz CT molecular complexity index is 850. The number of nitrogens with zero attached hydrogens (tertiary/aromatic N) is 2. The number of nitrogens with one attached hydrogen (secondary N) is 2. The Morgan fingerprint density at radius 2 is 1.81 bits per heavy atom. The van der Waals surface area contributed by atoms with Gasteiger partial charge in [0.05, 0.1) is 17.9 Å². The van der Waals surface area contributed by atoms with E-state index in [4.69, 9.17) is 16.9 Å². The fraction of sp³-hybridized carbons (Fsp3) is 0.150. The van der Waals surface area contributed by atoms with Crippen molar-refractivity contribution < 1.29 is 0 Å². The number of hydrazone groups is 1. The largest absolute Gasteiger partial charge is 0.398 e. The highest BCUT2D eigenvalue weighted by Crippen LogP contribution is 2.17. The molecule has 0 aliphatic carbocycles. The number of aliphatic imine (C=N–C) groups is 1. The monoisotopic (exact) mass is 348 g/mol. The van der Waals surface area contributed by atoms with Crippen LogP contribution in [0.2, 0.25) is 0 Å². The molecular formula is C20H24N6. The predicted molar refractivity (Wildman–Crippen MR) is 111 cm³/mol. The van der Waals surface area contributed by atoms with Crippen molar-refractivity contribution >= 4 is 29.1 Å².